The average molecular weight is 253 g/mol. The van der Waals surface area contributed by atoms with Gasteiger partial charge in [0.1, 0.15) is 0 Å². The van der Waals surface area contributed by atoms with Crippen LogP contribution < -0.4 is 5.32 Å². The molecule has 19 heavy (non-hydrogen) atoms. The number of aryl methyl sites for hydroxylation is 3. The third-order valence-electron chi connectivity index (χ3n) is 4.04. The van der Waals surface area contributed by atoms with Gasteiger partial charge in [-0.25, -0.2) is 0 Å². The Bertz CT molecular complexity index is 553. The molecule has 0 unspecified atom stereocenters. The van der Waals surface area contributed by atoms with Crippen molar-refractivity contribution in [1.29, 1.82) is 0 Å². The van der Waals surface area contributed by atoms with E-state index in [0.29, 0.717) is 0 Å². The molecular formula is C18H23N. The number of hydrogen-bond acceptors (Lipinski definition) is 1. The van der Waals surface area contributed by atoms with Crippen LogP contribution in [0.2, 0.25) is 0 Å². The van der Waals surface area contributed by atoms with Gasteiger partial charge in [-0.1, -0.05) is 23.8 Å². The summed E-state index contributed by atoms with van der Waals surface area (Å²) < 4.78 is 0. The minimum absolute atomic E-state index is 0.892. The largest absolute Gasteiger partial charge is 0.381 e. The van der Waals surface area contributed by atoms with Crippen molar-refractivity contribution in [2.75, 3.05) is 5.32 Å². The molecule has 0 aliphatic rings. The van der Waals surface area contributed by atoms with Crippen LogP contribution in [0.25, 0.3) is 0 Å². The van der Waals surface area contributed by atoms with Gasteiger partial charge in [-0.15, -0.1) is 0 Å². The SMILES string of the molecule is Cc1ccc(NCc2c(C)c(C)cc(C)c2C)cc1. The molecule has 0 fully saturated rings. The molecule has 2 aromatic carbocycles. The van der Waals surface area contributed by atoms with Gasteiger partial charge in [-0.3, -0.25) is 0 Å². The van der Waals surface area contributed by atoms with E-state index in [1.165, 1.54) is 39.1 Å². The lowest BCUT2D eigenvalue weighted by molar-refractivity contribution is 1.06. The number of anilines is 1. The first-order valence-electron chi connectivity index (χ1n) is 6.86. The standard InChI is InChI=1S/C18H23N/c1-12-6-8-17(9-7-12)19-11-18-15(4)13(2)10-14(3)16(18)5/h6-10,19H,11H2,1-5H3. The zero-order chi connectivity index (χ0) is 14.0. The smallest absolute Gasteiger partial charge is 0.0406 e. The number of rotatable bonds is 3. The van der Waals surface area contributed by atoms with Crippen molar-refractivity contribution < 1.29 is 0 Å². The molecule has 0 aliphatic carbocycles. The van der Waals surface area contributed by atoms with Crippen molar-refractivity contribution >= 4 is 5.69 Å². The van der Waals surface area contributed by atoms with E-state index in [0.717, 1.165) is 6.54 Å². The van der Waals surface area contributed by atoms with Crippen molar-refractivity contribution in [2.24, 2.45) is 0 Å². The highest BCUT2D eigenvalue weighted by Gasteiger charge is 2.07. The van der Waals surface area contributed by atoms with Gasteiger partial charge in [-0.05, 0) is 74.6 Å². The molecular weight excluding hydrogens is 230 g/mol. The topological polar surface area (TPSA) is 12.0 Å². The van der Waals surface area contributed by atoms with E-state index in [1.807, 2.05) is 0 Å². The Balaban J connectivity index is 2.22. The fraction of sp³-hybridized carbons (Fsp3) is 0.333. The summed E-state index contributed by atoms with van der Waals surface area (Å²) in [6.07, 6.45) is 0. The predicted octanol–water partition coefficient (Wildman–Crippen LogP) is 4.84. The first kappa shape index (κ1) is 13.7. The molecule has 0 bridgehead atoms. The zero-order valence-electron chi connectivity index (χ0n) is 12.6. The van der Waals surface area contributed by atoms with E-state index >= 15 is 0 Å². The molecule has 0 radical (unpaired) electrons. The summed E-state index contributed by atoms with van der Waals surface area (Å²) in [6.45, 7) is 11.8. The minimum atomic E-state index is 0.892. The third kappa shape index (κ3) is 2.98. The van der Waals surface area contributed by atoms with Crippen LogP contribution in [0.3, 0.4) is 0 Å². The second-order valence-electron chi connectivity index (χ2n) is 5.46. The van der Waals surface area contributed by atoms with Crippen molar-refractivity contribution in [3.8, 4) is 0 Å². The molecule has 1 nitrogen and oxygen atoms in total. The van der Waals surface area contributed by atoms with Crippen LogP contribution in [0, 0.1) is 34.6 Å². The molecule has 0 heterocycles. The maximum Gasteiger partial charge on any atom is 0.0406 e. The lowest BCUT2D eigenvalue weighted by atomic mass is 9.94. The maximum atomic E-state index is 3.52. The molecule has 2 rings (SSSR count). The molecule has 0 amide bonds. The summed E-state index contributed by atoms with van der Waals surface area (Å²) in [5, 5.41) is 3.52. The lowest BCUT2D eigenvalue weighted by Gasteiger charge is -2.16. The molecule has 0 spiro atoms. The first-order valence-corrected chi connectivity index (χ1v) is 6.86. The molecule has 1 heteroatoms. The molecule has 0 atom stereocenters. The van der Waals surface area contributed by atoms with Crippen molar-refractivity contribution in [1.82, 2.24) is 0 Å². The zero-order valence-corrected chi connectivity index (χ0v) is 12.6. The summed E-state index contributed by atoms with van der Waals surface area (Å²) in [6, 6.07) is 10.8. The molecule has 100 valence electrons. The Labute approximate surface area is 116 Å². The summed E-state index contributed by atoms with van der Waals surface area (Å²) in [5.41, 5.74) is 9.48. The van der Waals surface area contributed by atoms with Crippen molar-refractivity contribution in [2.45, 2.75) is 41.2 Å². The van der Waals surface area contributed by atoms with Crippen LogP contribution in [0.15, 0.2) is 30.3 Å². The number of hydrogen-bond donors (Lipinski definition) is 1. The fourth-order valence-corrected chi connectivity index (χ4v) is 2.43. The highest BCUT2D eigenvalue weighted by molar-refractivity contribution is 5.49. The molecule has 2 aromatic rings. The second kappa shape index (κ2) is 5.48. The van der Waals surface area contributed by atoms with E-state index in [9.17, 15) is 0 Å². The van der Waals surface area contributed by atoms with Gasteiger partial charge >= 0.3 is 0 Å². The van der Waals surface area contributed by atoms with Crippen LogP contribution in [0.1, 0.15) is 33.4 Å². The normalized spacial score (nSPS) is 10.6. The molecule has 0 aromatic heterocycles. The van der Waals surface area contributed by atoms with E-state index in [1.54, 1.807) is 0 Å². The van der Waals surface area contributed by atoms with Crippen LogP contribution in [0.5, 0.6) is 0 Å². The summed E-state index contributed by atoms with van der Waals surface area (Å²) >= 11 is 0. The van der Waals surface area contributed by atoms with E-state index in [4.69, 9.17) is 0 Å². The highest BCUT2D eigenvalue weighted by atomic mass is 14.9. The van der Waals surface area contributed by atoms with Crippen molar-refractivity contribution in [3.63, 3.8) is 0 Å². The van der Waals surface area contributed by atoms with Gasteiger partial charge < -0.3 is 5.32 Å². The van der Waals surface area contributed by atoms with Crippen LogP contribution in [-0.2, 0) is 6.54 Å². The van der Waals surface area contributed by atoms with E-state index < -0.39 is 0 Å². The fourth-order valence-electron chi connectivity index (χ4n) is 2.43. The van der Waals surface area contributed by atoms with Gasteiger partial charge in [0.15, 0.2) is 0 Å². The van der Waals surface area contributed by atoms with Gasteiger partial charge in [-0.2, -0.15) is 0 Å². The summed E-state index contributed by atoms with van der Waals surface area (Å²) in [4.78, 5) is 0. The average Bonchev–Trinajstić information content (AvgIpc) is 2.38. The monoisotopic (exact) mass is 253 g/mol. The Hall–Kier alpha value is -1.76. The van der Waals surface area contributed by atoms with Crippen LogP contribution >= 0.6 is 0 Å². The van der Waals surface area contributed by atoms with Crippen LogP contribution in [0.4, 0.5) is 5.69 Å². The van der Waals surface area contributed by atoms with Gasteiger partial charge in [0, 0.05) is 12.2 Å². The molecule has 0 saturated carbocycles. The Morgan fingerprint density at radius 1 is 0.789 bits per heavy atom. The Morgan fingerprint density at radius 2 is 1.32 bits per heavy atom. The van der Waals surface area contributed by atoms with Crippen LogP contribution in [-0.4, -0.2) is 0 Å². The Morgan fingerprint density at radius 3 is 1.84 bits per heavy atom. The third-order valence-corrected chi connectivity index (χ3v) is 4.04. The highest BCUT2D eigenvalue weighted by Crippen LogP contribution is 2.22. The van der Waals surface area contributed by atoms with Gasteiger partial charge in [0.05, 0.1) is 0 Å². The number of benzene rings is 2. The molecule has 0 aliphatic heterocycles. The maximum absolute atomic E-state index is 3.52. The molecule has 1 N–H and O–H groups in total. The molecule has 0 saturated heterocycles. The Kier molecular flexibility index (Phi) is 3.94. The minimum Gasteiger partial charge on any atom is -0.381 e. The first-order chi connectivity index (χ1) is 8.99. The summed E-state index contributed by atoms with van der Waals surface area (Å²) in [7, 11) is 0. The second-order valence-corrected chi connectivity index (χ2v) is 5.46. The van der Waals surface area contributed by atoms with Gasteiger partial charge in [0.25, 0.3) is 0 Å². The van der Waals surface area contributed by atoms with E-state index in [-0.39, 0.29) is 0 Å². The number of nitrogens with one attached hydrogen (secondary N) is 1. The quantitative estimate of drug-likeness (QED) is 0.825. The summed E-state index contributed by atoms with van der Waals surface area (Å²) in [5.74, 6) is 0. The van der Waals surface area contributed by atoms with Crippen molar-refractivity contribution in [3.05, 3.63) is 63.7 Å². The predicted molar refractivity (Wildman–Crippen MR) is 83.9 cm³/mol. The van der Waals surface area contributed by atoms with E-state index in [2.05, 4.69) is 70.3 Å². The van der Waals surface area contributed by atoms with Gasteiger partial charge in [0.2, 0.25) is 0 Å². The lowest BCUT2D eigenvalue weighted by Crippen LogP contribution is -2.06.